The molecule has 1 aliphatic heterocycles. The summed E-state index contributed by atoms with van der Waals surface area (Å²) in [4.78, 5) is 13.6. The second-order valence-corrected chi connectivity index (χ2v) is 6.52. The molecule has 3 rings (SSSR count). The largest absolute Gasteiger partial charge is 0.392 e. The fourth-order valence-corrected chi connectivity index (χ4v) is 3.21. The Kier molecular flexibility index (Phi) is 5.23. The van der Waals surface area contributed by atoms with Crippen LogP contribution in [-0.2, 0) is 6.54 Å². The Morgan fingerprint density at radius 3 is 2.50 bits per heavy atom. The van der Waals surface area contributed by atoms with Crippen LogP contribution < -0.4 is 10.2 Å². The second-order valence-electron chi connectivity index (χ2n) is 6.52. The van der Waals surface area contributed by atoms with Crippen molar-refractivity contribution in [1.82, 2.24) is 20.2 Å². The summed E-state index contributed by atoms with van der Waals surface area (Å²) in [6, 6.07) is 0.214. The Labute approximate surface area is 132 Å². The average molecular weight is 305 g/mol. The molecule has 2 aliphatic rings. The van der Waals surface area contributed by atoms with Crippen molar-refractivity contribution in [3.05, 3.63) is 18.0 Å². The van der Waals surface area contributed by atoms with E-state index in [0.29, 0.717) is 0 Å². The van der Waals surface area contributed by atoms with Crippen molar-refractivity contribution in [3.63, 3.8) is 0 Å². The zero-order valence-electron chi connectivity index (χ0n) is 13.4. The molecule has 2 N–H and O–H groups in total. The standard InChI is InChI=1S/C16H27N5O/c1-20-6-8-21(9-7-20)16-18-11-13(12-19-16)10-17-14-4-2-3-5-15(14)22/h11-12,14-15,17,22H,2-10H2,1H3. The Bertz CT molecular complexity index is 458. The number of likely N-dealkylation sites (N-methyl/N-ethyl adjacent to an activating group) is 1. The van der Waals surface area contributed by atoms with E-state index in [1.165, 1.54) is 6.42 Å². The monoisotopic (exact) mass is 305 g/mol. The first-order valence-corrected chi connectivity index (χ1v) is 8.38. The van der Waals surface area contributed by atoms with Crippen LogP contribution >= 0.6 is 0 Å². The van der Waals surface area contributed by atoms with Crippen LogP contribution in [-0.4, -0.2) is 65.3 Å². The number of rotatable bonds is 4. The van der Waals surface area contributed by atoms with Crippen LogP contribution in [0.1, 0.15) is 31.2 Å². The highest BCUT2D eigenvalue weighted by Crippen LogP contribution is 2.18. The first-order valence-electron chi connectivity index (χ1n) is 8.38. The topological polar surface area (TPSA) is 64.5 Å². The number of aliphatic hydroxyl groups excluding tert-OH is 1. The van der Waals surface area contributed by atoms with E-state index in [1.807, 2.05) is 12.4 Å². The first-order chi connectivity index (χ1) is 10.7. The number of piperazine rings is 1. The van der Waals surface area contributed by atoms with Crippen LogP contribution in [0.3, 0.4) is 0 Å². The van der Waals surface area contributed by atoms with Crippen LogP contribution in [0.25, 0.3) is 0 Å². The molecule has 0 spiro atoms. The fourth-order valence-electron chi connectivity index (χ4n) is 3.21. The highest BCUT2D eigenvalue weighted by Gasteiger charge is 2.22. The van der Waals surface area contributed by atoms with E-state index in [0.717, 1.165) is 63.5 Å². The quantitative estimate of drug-likeness (QED) is 0.850. The normalized spacial score (nSPS) is 27.1. The summed E-state index contributed by atoms with van der Waals surface area (Å²) < 4.78 is 0. The summed E-state index contributed by atoms with van der Waals surface area (Å²) in [6.07, 6.45) is 7.92. The maximum absolute atomic E-state index is 9.98. The molecule has 1 aliphatic carbocycles. The molecule has 6 heteroatoms. The lowest BCUT2D eigenvalue weighted by molar-refractivity contribution is 0.0902. The summed E-state index contributed by atoms with van der Waals surface area (Å²) in [6.45, 7) is 4.83. The molecule has 2 fully saturated rings. The van der Waals surface area contributed by atoms with Crippen molar-refractivity contribution >= 4 is 5.95 Å². The minimum absolute atomic E-state index is 0.209. The Morgan fingerprint density at radius 2 is 1.82 bits per heavy atom. The van der Waals surface area contributed by atoms with Gasteiger partial charge in [0.2, 0.25) is 5.95 Å². The molecule has 0 bridgehead atoms. The molecule has 1 aromatic heterocycles. The van der Waals surface area contributed by atoms with Crippen molar-refractivity contribution in [2.45, 2.75) is 44.4 Å². The molecule has 122 valence electrons. The van der Waals surface area contributed by atoms with E-state index < -0.39 is 0 Å². The van der Waals surface area contributed by atoms with E-state index in [4.69, 9.17) is 0 Å². The van der Waals surface area contributed by atoms with Gasteiger partial charge in [-0.25, -0.2) is 9.97 Å². The first kappa shape index (κ1) is 15.6. The summed E-state index contributed by atoms with van der Waals surface area (Å²) in [5.41, 5.74) is 1.08. The van der Waals surface area contributed by atoms with Gasteiger partial charge in [-0.1, -0.05) is 12.8 Å². The predicted octanol–water partition coefficient (Wildman–Crippen LogP) is 0.621. The molecule has 0 radical (unpaired) electrons. The SMILES string of the molecule is CN1CCN(c2ncc(CNC3CCCCC3O)cn2)CC1. The highest BCUT2D eigenvalue weighted by atomic mass is 16.3. The molecule has 0 aromatic carbocycles. The van der Waals surface area contributed by atoms with Crippen LogP contribution in [0.5, 0.6) is 0 Å². The van der Waals surface area contributed by atoms with Gasteiger partial charge in [-0.2, -0.15) is 0 Å². The lowest BCUT2D eigenvalue weighted by Gasteiger charge is -2.32. The van der Waals surface area contributed by atoms with Crippen molar-refractivity contribution < 1.29 is 5.11 Å². The molecule has 2 atom stereocenters. The lowest BCUT2D eigenvalue weighted by Crippen LogP contribution is -2.45. The molecule has 0 amide bonds. The van der Waals surface area contributed by atoms with Gasteiger partial charge >= 0.3 is 0 Å². The van der Waals surface area contributed by atoms with Gasteiger partial charge in [-0.05, 0) is 19.9 Å². The maximum atomic E-state index is 9.98. The average Bonchev–Trinajstić information content (AvgIpc) is 2.55. The summed E-state index contributed by atoms with van der Waals surface area (Å²) >= 11 is 0. The number of anilines is 1. The Hall–Kier alpha value is -1.24. The third kappa shape index (κ3) is 3.94. The van der Waals surface area contributed by atoms with Gasteiger partial charge in [-0.3, -0.25) is 0 Å². The fraction of sp³-hybridized carbons (Fsp3) is 0.750. The van der Waals surface area contributed by atoms with E-state index in [9.17, 15) is 5.11 Å². The Balaban J connectivity index is 1.51. The predicted molar refractivity (Wildman–Crippen MR) is 86.8 cm³/mol. The Morgan fingerprint density at radius 1 is 1.14 bits per heavy atom. The second kappa shape index (κ2) is 7.35. The van der Waals surface area contributed by atoms with E-state index in [-0.39, 0.29) is 12.1 Å². The van der Waals surface area contributed by atoms with Gasteiger partial charge in [0.15, 0.2) is 0 Å². The van der Waals surface area contributed by atoms with Gasteiger partial charge in [0.25, 0.3) is 0 Å². The molecule has 2 unspecified atom stereocenters. The summed E-state index contributed by atoms with van der Waals surface area (Å²) in [5, 5.41) is 13.4. The minimum atomic E-state index is -0.209. The lowest BCUT2D eigenvalue weighted by atomic mass is 9.92. The zero-order valence-corrected chi connectivity index (χ0v) is 13.4. The number of hydrogen-bond donors (Lipinski definition) is 2. The smallest absolute Gasteiger partial charge is 0.225 e. The molecular formula is C16H27N5O. The van der Waals surface area contributed by atoms with Gasteiger partial charge < -0.3 is 20.2 Å². The van der Waals surface area contributed by atoms with Crippen molar-refractivity contribution in [1.29, 1.82) is 0 Å². The third-order valence-electron chi connectivity index (χ3n) is 4.78. The molecule has 6 nitrogen and oxygen atoms in total. The number of nitrogens with zero attached hydrogens (tertiary/aromatic N) is 4. The molecule has 1 saturated carbocycles. The van der Waals surface area contributed by atoms with Gasteiger partial charge in [-0.15, -0.1) is 0 Å². The van der Waals surface area contributed by atoms with Crippen LogP contribution in [0, 0.1) is 0 Å². The van der Waals surface area contributed by atoms with Gasteiger partial charge in [0, 0.05) is 56.7 Å². The van der Waals surface area contributed by atoms with Crippen molar-refractivity contribution in [3.8, 4) is 0 Å². The summed E-state index contributed by atoms with van der Waals surface area (Å²) in [5.74, 6) is 0.828. The minimum Gasteiger partial charge on any atom is -0.392 e. The van der Waals surface area contributed by atoms with E-state index >= 15 is 0 Å². The molecule has 2 heterocycles. The van der Waals surface area contributed by atoms with Crippen molar-refractivity contribution in [2.24, 2.45) is 0 Å². The van der Waals surface area contributed by atoms with E-state index in [1.54, 1.807) is 0 Å². The van der Waals surface area contributed by atoms with Crippen molar-refractivity contribution in [2.75, 3.05) is 38.1 Å². The molecule has 1 saturated heterocycles. The number of nitrogens with one attached hydrogen (secondary N) is 1. The third-order valence-corrected chi connectivity index (χ3v) is 4.78. The highest BCUT2D eigenvalue weighted by molar-refractivity contribution is 5.30. The number of aliphatic hydroxyl groups is 1. The zero-order chi connectivity index (χ0) is 15.4. The molecule has 1 aromatic rings. The molecule has 22 heavy (non-hydrogen) atoms. The van der Waals surface area contributed by atoms with E-state index in [2.05, 4.69) is 32.1 Å². The van der Waals surface area contributed by atoms with Gasteiger partial charge in [0.05, 0.1) is 6.10 Å². The number of aromatic nitrogens is 2. The summed E-state index contributed by atoms with van der Waals surface area (Å²) in [7, 11) is 2.15. The maximum Gasteiger partial charge on any atom is 0.225 e. The van der Waals surface area contributed by atoms with Gasteiger partial charge in [0.1, 0.15) is 0 Å². The molecular weight excluding hydrogens is 278 g/mol. The van der Waals surface area contributed by atoms with Crippen LogP contribution in [0.15, 0.2) is 12.4 Å². The number of hydrogen-bond acceptors (Lipinski definition) is 6. The van der Waals surface area contributed by atoms with Crippen LogP contribution in [0.2, 0.25) is 0 Å². The van der Waals surface area contributed by atoms with Crippen LogP contribution in [0.4, 0.5) is 5.95 Å².